The lowest BCUT2D eigenvalue weighted by Crippen LogP contribution is -2.29. The molecular formula is C21H17Cl2NO. The molecule has 0 fully saturated rings. The van der Waals surface area contributed by atoms with Crippen LogP contribution in [0.1, 0.15) is 33.1 Å². The fourth-order valence-electron chi connectivity index (χ4n) is 2.64. The second-order valence-corrected chi connectivity index (χ2v) is 6.70. The summed E-state index contributed by atoms with van der Waals surface area (Å²) in [6.07, 6.45) is 0. The summed E-state index contributed by atoms with van der Waals surface area (Å²) in [6, 6.07) is 22.5. The normalized spacial score (nSPS) is 11.8. The number of nitrogens with one attached hydrogen (secondary N) is 1. The predicted octanol–water partition coefficient (Wildman–Crippen LogP) is 5.82. The highest BCUT2D eigenvalue weighted by atomic mass is 35.5. The summed E-state index contributed by atoms with van der Waals surface area (Å²) in [5.41, 5.74) is 3.53. The Morgan fingerprint density at radius 3 is 2.20 bits per heavy atom. The minimum Gasteiger partial charge on any atom is -0.341 e. The highest BCUT2D eigenvalue weighted by molar-refractivity contribution is 6.35. The molecule has 0 bridgehead atoms. The van der Waals surface area contributed by atoms with Crippen molar-refractivity contribution in [3.05, 3.63) is 105 Å². The molecule has 3 rings (SSSR count). The summed E-state index contributed by atoms with van der Waals surface area (Å²) in [6.45, 7) is 2.03. The van der Waals surface area contributed by atoms with Crippen molar-refractivity contribution < 1.29 is 4.79 Å². The molecular weight excluding hydrogens is 353 g/mol. The molecule has 0 aliphatic rings. The Kier molecular flexibility index (Phi) is 5.42. The molecule has 0 saturated carbocycles. The molecule has 0 spiro atoms. The molecule has 126 valence electrons. The smallest absolute Gasteiger partial charge is 0.253 e. The van der Waals surface area contributed by atoms with E-state index >= 15 is 0 Å². The SMILES string of the molecule is Cc1ccc(C(NC(=O)c2cc(Cl)ccc2Cl)c2ccccc2)cc1. The van der Waals surface area contributed by atoms with Crippen LogP contribution in [0, 0.1) is 6.92 Å². The van der Waals surface area contributed by atoms with Gasteiger partial charge in [0.1, 0.15) is 0 Å². The molecule has 3 aromatic rings. The number of hydrogen-bond acceptors (Lipinski definition) is 1. The number of carbonyl (C=O) groups is 1. The van der Waals surface area contributed by atoms with Crippen molar-refractivity contribution in [1.29, 1.82) is 0 Å². The van der Waals surface area contributed by atoms with Crippen LogP contribution in [-0.2, 0) is 0 Å². The van der Waals surface area contributed by atoms with Crippen molar-refractivity contribution in [3.63, 3.8) is 0 Å². The third-order valence-corrected chi connectivity index (χ3v) is 4.56. The third-order valence-electron chi connectivity index (χ3n) is 3.99. The van der Waals surface area contributed by atoms with Gasteiger partial charge < -0.3 is 5.32 Å². The molecule has 1 N–H and O–H groups in total. The summed E-state index contributed by atoms with van der Waals surface area (Å²) < 4.78 is 0. The monoisotopic (exact) mass is 369 g/mol. The van der Waals surface area contributed by atoms with Crippen LogP contribution < -0.4 is 5.32 Å². The van der Waals surface area contributed by atoms with E-state index in [1.807, 2.05) is 61.5 Å². The van der Waals surface area contributed by atoms with Crippen LogP contribution in [0.15, 0.2) is 72.8 Å². The number of hydrogen-bond donors (Lipinski definition) is 1. The van der Waals surface area contributed by atoms with Crippen molar-refractivity contribution >= 4 is 29.1 Å². The standard InChI is InChI=1S/C21H17Cl2NO/c1-14-7-9-16(10-8-14)20(15-5-3-2-4-6-15)24-21(25)18-13-17(22)11-12-19(18)23/h2-13,20H,1H3,(H,24,25). The maximum atomic E-state index is 12.8. The fraction of sp³-hybridized carbons (Fsp3) is 0.0952. The Balaban J connectivity index is 1.96. The largest absolute Gasteiger partial charge is 0.341 e. The molecule has 0 radical (unpaired) electrons. The van der Waals surface area contributed by atoms with E-state index in [1.165, 1.54) is 5.56 Å². The first-order valence-electron chi connectivity index (χ1n) is 7.92. The Bertz CT molecular complexity index is 876. The average molecular weight is 370 g/mol. The lowest BCUT2D eigenvalue weighted by atomic mass is 9.97. The van der Waals surface area contributed by atoms with Gasteiger partial charge in [-0.2, -0.15) is 0 Å². The Morgan fingerprint density at radius 1 is 0.880 bits per heavy atom. The Labute approximate surface area is 157 Å². The van der Waals surface area contributed by atoms with E-state index in [4.69, 9.17) is 23.2 Å². The van der Waals surface area contributed by atoms with Gasteiger partial charge in [-0.05, 0) is 36.2 Å². The van der Waals surface area contributed by atoms with Crippen LogP contribution in [0.25, 0.3) is 0 Å². The summed E-state index contributed by atoms with van der Waals surface area (Å²) in [4.78, 5) is 12.8. The number of aryl methyl sites for hydroxylation is 1. The van der Waals surface area contributed by atoms with Gasteiger partial charge in [-0.1, -0.05) is 83.4 Å². The molecule has 1 atom stereocenters. The first kappa shape index (κ1) is 17.5. The number of halogens is 2. The van der Waals surface area contributed by atoms with E-state index in [-0.39, 0.29) is 11.9 Å². The molecule has 25 heavy (non-hydrogen) atoms. The number of carbonyl (C=O) groups excluding carboxylic acids is 1. The van der Waals surface area contributed by atoms with E-state index in [9.17, 15) is 4.79 Å². The quantitative estimate of drug-likeness (QED) is 0.616. The van der Waals surface area contributed by atoms with Crippen molar-refractivity contribution in [2.75, 3.05) is 0 Å². The van der Waals surface area contributed by atoms with Crippen molar-refractivity contribution in [3.8, 4) is 0 Å². The van der Waals surface area contributed by atoms with E-state index in [1.54, 1.807) is 18.2 Å². The van der Waals surface area contributed by atoms with Crippen LogP contribution in [-0.4, -0.2) is 5.91 Å². The maximum Gasteiger partial charge on any atom is 0.253 e. The molecule has 3 aromatic carbocycles. The van der Waals surface area contributed by atoms with Gasteiger partial charge in [0.2, 0.25) is 0 Å². The lowest BCUT2D eigenvalue weighted by molar-refractivity contribution is 0.0943. The maximum absolute atomic E-state index is 12.8. The van der Waals surface area contributed by atoms with Crippen LogP contribution in [0.4, 0.5) is 0 Å². The van der Waals surface area contributed by atoms with Crippen molar-refractivity contribution in [2.45, 2.75) is 13.0 Å². The molecule has 1 unspecified atom stereocenters. The molecule has 0 aliphatic heterocycles. The first-order valence-corrected chi connectivity index (χ1v) is 8.67. The molecule has 1 amide bonds. The molecule has 0 aromatic heterocycles. The van der Waals surface area contributed by atoms with Crippen molar-refractivity contribution in [2.24, 2.45) is 0 Å². The zero-order chi connectivity index (χ0) is 17.8. The third kappa shape index (κ3) is 4.22. The zero-order valence-corrected chi connectivity index (χ0v) is 15.2. The van der Waals surface area contributed by atoms with Gasteiger partial charge in [0, 0.05) is 5.02 Å². The summed E-state index contributed by atoms with van der Waals surface area (Å²) in [5, 5.41) is 3.92. The van der Waals surface area contributed by atoms with Gasteiger partial charge in [-0.15, -0.1) is 0 Å². The minimum absolute atomic E-state index is 0.262. The molecule has 0 aliphatic carbocycles. The summed E-state index contributed by atoms with van der Waals surface area (Å²) in [5.74, 6) is -0.262. The van der Waals surface area contributed by atoms with Crippen LogP contribution in [0.3, 0.4) is 0 Å². The second kappa shape index (κ2) is 7.73. The topological polar surface area (TPSA) is 29.1 Å². The molecule has 2 nitrogen and oxygen atoms in total. The van der Waals surface area contributed by atoms with Gasteiger partial charge >= 0.3 is 0 Å². The molecule has 0 heterocycles. The minimum atomic E-state index is -0.274. The van der Waals surface area contributed by atoms with E-state index in [0.717, 1.165) is 11.1 Å². The molecule has 0 saturated heterocycles. The average Bonchev–Trinajstić information content (AvgIpc) is 2.63. The number of rotatable bonds is 4. The van der Waals surface area contributed by atoms with E-state index < -0.39 is 0 Å². The molecule has 4 heteroatoms. The zero-order valence-electron chi connectivity index (χ0n) is 13.7. The van der Waals surface area contributed by atoms with E-state index in [0.29, 0.717) is 15.6 Å². The van der Waals surface area contributed by atoms with Gasteiger partial charge in [0.05, 0.1) is 16.6 Å². The Hall–Kier alpha value is -2.29. The van der Waals surface area contributed by atoms with Gasteiger partial charge in [0.15, 0.2) is 0 Å². The van der Waals surface area contributed by atoms with Gasteiger partial charge in [-0.25, -0.2) is 0 Å². The fourth-order valence-corrected chi connectivity index (χ4v) is 3.02. The predicted molar refractivity (Wildman–Crippen MR) is 103 cm³/mol. The van der Waals surface area contributed by atoms with Crippen LogP contribution in [0.2, 0.25) is 10.0 Å². The summed E-state index contributed by atoms with van der Waals surface area (Å²) >= 11 is 12.2. The van der Waals surface area contributed by atoms with Gasteiger partial charge in [0.25, 0.3) is 5.91 Å². The number of benzene rings is 3. The van der Waals surface area contributed by atoms with Crippen LogP contribution in [0.5, 0.6) is 0 Å². The highest BCUT2D eigenvalue weighted by Gasteiger charge is 2.19. The highest BCUT2D eigenvalue weighted by Crippen LogP contribution is 2.25. The summed E-state index contributed by atoms with van der Waals surface area (Å²) in [7, 11) is 0. The Morgan fingerprint density at radius 2 is 1.52 bits per heavy atom. The first-order chi connectivity index (χ1) is 12.0. The lowest BCUT2D eigenvalue weighted by Gasteiger charge is -2.20. The van der Waals surface area contributed by atoms with Gasteiger partial charge in [-0.3, -0.25) is 4.79 Å². The second-order valence-electron chi connectivity index (χ2n) is 5.85. The van der Waals surface area contributed by atoms with Crippen LogP contribution >= 0.6 is 23.2 Å². The van der Waals surface area contributed by atoms with E-state index in [2.05, 4.69) is 5.32 Å². The number of amides is 1. The van der Waals surface area contributed by atoms with Crippen molar-refractivity contribution in [1.82, 2.24) is 5.32 Å².